The fraction of sp³-hybridized carbons (Fsp3) is 0.0667. The summed E-state index contributed by atoms with van der Waals surface area (Å²) in [4.78, 5) is 27.3. The Labute approximate surface area is 115 Å². The minimum absolute atomic E-state index is 0.204. The van der Waals surface area contributed by atoms with Crippen molar-refractivity contribution in [2.45, 2.75) is 6.92 Å². The van der Waals surface area contributed by atoms with Gasteiger partial charge < -0.3 is 4.98 Å². The van der Waals surface area contributed by atoms with Gasteiger partial charge >= 0.3 is 0 Å². The van der Waals surface area contributed by atoms with Gasteiger partial charge in [-0.1, -0.05) is 30.3 Å². The molecule has 0 saturated heterocycles. The molecule has 0 aliphatic rings. The van der Waals surface area contributed by atoms with E-state index < -0.39 is 0 Å². The highest BCUT2D eigenvalue weighted by atomic mass is 16.1. The molecule has 0 amide bonds. The first kappa shape index (κ1) is 12.2. The van der Waals surface area contributed by atoms with Crippen molar-refractivity contribution < 1.29 is 0 Å². The average Bonchev–Trinajstić information content (AvgIpc) is 2.47. The van der Waals surface area contributed by atoms with E-state index in [1.54, 1.807) is 19.2 Å². The van der Waals surface area contributed by atoms with E-state index in [9.17, 15) is 4.79 Å². The van der Waals surface area contributed by atoms with E-state index in [0.29, 0.717) is 23.0 Å². The van der Waals surface area contributed by atoms with Gasteiger partial charge in [0, 0.05) is 17.8 Å². The molecule has 2 heterocycles. The Morgan fingerprint density at radius 2 is 1.80 bits per heavy atom. The minimum Gasteiger partial charge on any atom is -0.305 e. The number of benzene rings is 1. The minimum atomic E-state index is -0.204. The third-order valence-corrected chi connectivity index (χ3v) is 2.83. The van der Waals surface area contributed by atoms with Crippen LogP contribution in [0.4, 0.5) is 0 Å². The van der Waals surface area contributed by atoms with Crippen LogP contribution >= 0.6 is 0 Å². The topological polar surface area (TPSA) is 71.5 Å². The van der Waals surface area contributed by atoms with Gasteiger partial charge in [-0.05, 0) is 13.0 Å². The largest absolute Gasteiger partial charge is 0.305 e. The lowest BCUT2D eigenvalue weighted by molar-refractivity contribution is 1.03. The zero-order chi connectivity index (χ0) is 13.9. The van der Waals surface area contributed by atoms with Crippen molar-refractivity contribution in [3.05, 3.63) is 64.8 Å². The van der Waals surface area contributed by atoms with Crippen molar-refractivity contribution in [3.8, 4) is 22.8 Å². The molecule has 0 fully saturated rings. The molecule has 98 valence electrons. The Morgan fingerprint density at radius 3 is 2.55 bits per heavy atom. The SMILES string of the molecule is Cc1nccc(-c2nc(-c3ccccc3)cc(=O)[nH]2)n1. The van der Waals surface area contributed by atoms with E-state index in [2.05, 4.69) is 19.9 Å². The predicted molar refractivity (Wildman–Crippen MR) is 76.1 cm³/mol. The number of nitrogens with zero attached hydrogens (tertiary/aromatic N) is 3. The summed E-state index contributed by atoms with van der Waals surface area (Å²) in [5.41, 5.74) is 1.92. The molecule has 0 aliphatic heterocycles. The van der Waals surface area contributed by atoms with Gasteiger partial charge in [0.2, 0.25) is 0 Å². The molecule has 3 rings (SSSR count). The fourth-order valence-corrected chi connectivity index (χ4v) is 1.92. The van der Waals surface area contributed by atoms with Crippen LogP contribution in [0.1, 0.15) is 5.82 Å². The van der Waals surface area contributed by atoms with Crippen LogP contribution < -0.4 is 5.56 Å². The van der Waals surface area contributed by atoms with Gasteiger partial charge in [-0.15, -0.1) is 0 Å². The third kappa shape index (κ3) is 2.47. The van der Waals surface area contributed by atoms with Gasteiger partial charge in [0.25, 0.3) is 5.56 Å². The second kappa shape index (κ2) is 5.05. The lowest BCUT2D eigenvalue weighted by Crippen LogP contribution is -2.09. The number of hydrogen-bond donors (Lipinski definition) is 1. The van der Waals surface area contributed by atoms with Crippen LogP contribution in [0.5, 0.6) is 0 Å². The maximum absolute atomic E-state index is 11.8. The third-order valence-electron chi connectivity index (χ3n) is 2.83. The first-order chi connectivity index (χ1) is 9.72. The summed E-state index contributed by atoms with van der Waals surface area (Å²) in [5.74, 6) is 1.08. The molecular weight excluding hydrogens is 252 g/mol. The van der Waals surface area contributed by atoms with E-state index in [-0.39, 0.29) is 5.56 Å². The molecule has 0 bridgehead atoms. The molecule has 0 spiro atoms. The molecule has 3 aromatic rings. The number of aromatic nitrogens is 4. The van der Waals surface area contributed by atoms with E-state index in [1.165, 1.54) is 6.07 Å². The van der Waals surface area contributed by atoms with Crippen LogP contribution in [0, 0.1) is 6.92 Å². The quantitative estimate of drug-likeness (QED) is 0.770. The summed E-state index contributed by atoms with van der Waals surface area (Å²) in [7, 11) is 0. The second-order valence-electron chi connectivity index (χ2n) is 4.33. The molecule has 1 N–H and O–H groups in total. The number of H-pyrrole nitrogens is 1. The van der Waals surface area contributed by atoms with E-state index in [4.69, 9.17) is 0 Å². The van der Waals surface area contributed by atoms with Gasteiger partial charge in [-0.2, -0.15) is 0 Å². The molecule has 0 saturated carbocycles. The van der Waals surface area contributed by atoms with E-state index in [0.717, 1.165) is 5.56 Å². The highest BCUT2D eigenvalue weighted by Crippen LogP contribution is 2.17. The molecule has 0 atom stereocenters. The zero-order valence-corrected chi connectivity index (χ0v) is 10.9. The molecule has 5 heteroatoms. The van der Waals surface area contributed by atoms with Gasteiger partial charge in [0.1, 0.15) is 11.5 Å². The molecule has 0 unspecified atom stereocenters. The number of hydrogen-bond acceptors (Lipinski definition) is 4. The van der Waals surface area contributed by atoms with Crippen molar-refractivity contribution in [1.29, 1.82) is 0 Å². The van der Waals surface area contributed by atoms with E-state index >= 15 is 0 Å². The number of aryl methyl sites for hydroxylation is 1. The molecule has 5 nitrogen and oxygen atoms in total. The van der Waals surface area contributed by atoms with Crippen molar-refractivity contribution in [2.24, 2.45) is 0 Å². The molecule has 1 aromatic carbocycles. The fourth-order valence-electron chi connectivity index (χ4n) is 1.92. The first-order valence-corrected chi connectivity index (χ1v) is 6.19. The van der Waals surface area contributed by atoms with Gasteiger partial charge in [0.15, 0.2) is 5.82 Å². The van der Waals surface area contributed by atoms with Crippen LogP contribution in [0.3, 0.4) is 0 Å². The monoisotopic (exact) mass is 264 g/mol. The summed E-state index contributed by atoms with van der Waals surface area (Å²) >= 11 is 0. The Kier molecular flexibility index (Phi) is 3.09. The lowest BCUT2D eigenvalue weighted by Gasteiger charge is -2.04. The average molecular weight is 264 g/mol. The Morgan fingerprint density at radius 1 is 1.00 bits per heavy atom. The normalized spacial score (nSPS) is 10.4. The summed E-state index contributed by atoms with van der Waals surface area (Å²) in [5, 5.41) is 0. The van der Waals surface area contributed by atoms with Crippen LogP contribution in [-0.4, -0.2) is 19.9 Å². The van der Waals surface area contributed by atoms with Gasteiger partial charge in [-0.3, -0.25) is 4.79 Å². The maximum Gasteiger partial charge on any atom is 0.251 e. The summed E-state index contributed by atoms with van der Waals surface area (Å²) < 4.78 is 0. The summed E-state index contributed by atoms with van der Waals surface area (Å²) in [6, 6.07) is 12.8. The van der Waals surface area contributed by atoms with E-state index in [1.807, 2.05) is 30.3 Å². The Bertz CT molecular complexity index is 796. The standard InChI is InChI=1S/C15H12N4O/c1-10-16-8-7-12(17-10)15-18-13(9-14(20)19-15)11-5-3-2-4-6-11/h2-9H,1H3,(H,18,19,20). The highest BCUT2D eigenvalue weighted by Gasteiger charge is 2.07. The van der Waals surface area contributed by atoms with Gasteiger partial charge in [0.05, 0.1) is 5.69 Å². The van der Waals surface area contributed by atoms with Crippen molar-refractivity contribution in [3.63, 3.8) is 0 Å². The van der Waals surface area contributed by atoms with Crippen LogP contribution in [0.15, 0.2) is 53.5 Å². The van der Waals surface area contributed by atoms with Crippen molar-refractivity contribution >= 4 is 0 Å². The maximum atomic E-state index is 11.8. The van der Waals surface area contributed by atoms with Crippen LogP contribution in [0.2, 0.25) is 0 Å². The molecule has 20 heavy (non-hydrogen) atoms. The van der Waals surface area contributed by atoms with Crippen LogP contribution in [0.25, 0.3) is 22.8 Å². The van der Waals surface area contributed by atoms with Gasteiger partial charge in [-0.25, -0.2) is 15.0 Å². The second-order valence-corrected chi connectivity index (χ2v) is 4.33. The highest BCUT2D eigenvalue weighted by molar-refractivity contribution is 5.61. The predicted octanol–water partition coefficient (Wildman–Crippen LogP) is 2.20. The molecular formula is C15H12N4O. The summed E-state index contributed by atoms with van der Waals surface area (Å²) in [6.45, 7) is 1.79. The van der Waals surface area contributed by atoms with Crippen molar-refractivity contribution in [2.75, 3.05) is 0 Å². The molecule has 0 radical (unpaired) electrons. The number of aromatic amines is 1. The summed E-state index contributed by atoms with van der Waals surface area (Å²) in [6.07, 6.45) is 1.65. The van der Waals surface area contributed by atoms with Crippen LogP contribution in [-0.2, 0) is 0 Å². The number of rotatable bonds is 2. The molecule has 0 aliphatic carbocycles. The first-order valence-electron chi connectivity index (χ1n) is 6.19. The lowest BCUT2D eigenvalue weighted by atomic mass is 10.1. The van der Waals surface area contributed by atoms with Crippen molar-refractivity contribution in [1.82, 2.24) is 19.9 Å². The molecule has 2 aromatic heterocycles. The number of nitrogens with one attached hydrogen (secondary N) is 1. The Balaban J connectivity index is 2.15. The zero-order valence-electron chi connectivity index (χ0n) is 10.9. The Hall–Kier alpha value is -2.82. The smallest absolute Gasteiger partial charge is 0.251 e.